The van der Waals surface area contributed by atoms with E-state index in [0.717, 1.165) is 0 Å². The molecule has 1 heterocycles. The fraction of sp³-hybridized carbons (Fsp3) is 0.700. The Balaban J connectivity index is 3.15. The van der Waals surface area contributed by atoms with Gasteiger partial charge in [0.05, 0.1) is 6.20 Å². The number of aromatic nitrogens is 2. The minimum absolute atomic E-state index is 0.190. The molecule has 17 heavy (non-hydrogen) atoms. The molecule has 2 N–H and O–H groups in total. The summed E-state index contributed by atoms with van der Waals surface area (Å²) in [6.45, 7) is 4.03. The third-order valence-corrected chi connectivity index (χ3v) is 5.27. The van der Waals surface area contributed by atoms with Crippen molar-refractivity contribution >= 4 is 10.0 Å². The van der Waals surface area contributed by atoms with Crippen molar-refractivity contribution in [1.29, 1.82) is 0 Å². The predicted molar refractivity (Wildman–Crippen MR) is 65.9 cm³/mol. The highest BCUT2D eigenvalue weighted by molar-refractivity contribution is 7.89. The van der Waals surface area contributed by atoms with Crippen molar-refractivity contribution in [3.05, 3.63) is 12.4 Å². The van der Waals surface area contributed by atoms with Crippen LogP contribution in [0.25, 0.3) is 0 Å². The molecule has 0 radical (unpaired) electrons. The molecule has 98 valence electrons. The summed E-state index contributed by atoms with van der Waals surface area (Å²) in [6.07, 6.45) is 3.48. The topological polar surface area (TPSA) is 81.2 Å². The summed E-state index contributed by atoms with van der Waals surface area (Å²) in [7, 11) is -0.294. The van der Waals surface area contributed by atoms with Crippen molar-refractivity contribution < 1.29 is 8.42 Å². The fourth-order valence-corrected chi connectivity index (χ4v) is 3.04. The summed E-state index contributed by atoms with van der Waals surface area (Å²) >= 11 is 0. The van der Waals surface area contributed by atoms with Crippen molar-refractivity contribution in [2.75, 3.05) is 13.6 Å². The van der Waals surface area contributed by atoms with Crippen molar-refractivity contribution in [3.8, 4) is 0 Å². The van der Waals surface area contributed by atoms with Gasteiger partial charge in [0.25, 0.3) is 0 Å². The van der Waals surface area contributed by atoms with E-state index in [4.69, 9.17) is 5.73 Å². The third kappa shape index (κ3) is 2.51. The molecule has 1 aromatic rings. The van der Waals surface area contributed by atoms with Crippen LogP contribution >= 0.6 is 0 Å². The second-order valence-corrected chi connectivity index (χ2v) is 6.35. The van der Waals surface area contributed by atoms with Gasteiger partial charge in [-0.15, -0.1) is 0 Å². The summed E-state index contributed by atoms with van der Waals surface area (Å²) in [4.78, 5) is 0.190. The molecule has 0 bridgehead atoms. The number of aryl methyl sites for hydroxylation is 1. The molecule has 1 aromatic heterocycles. The molecule has 0 aliphatic heterocycles. The minimum Gasteiger partial charge on any atom is -0.329 e. The van der Waals surface area contributed by atoms with Crippen molar-refractivity contribution in [3.63, 3.8) is 0 Å². The molecule has 0 aliphatic carbocycles. The molecule has 0 aromatic carbocycles. The van der Waals surface area contributed by atoms with Crippen LogP contribution in [-0.2, 0) is 17.1 Å². The molecule has 6 nitrogen and oxygen atoms in total. The van der Waals surface area contributed by atoms with Crippen LogP contribution in [0.4, 0.5) is 0 Å². The van der Waals surface area contributed by atoms with E-state index in [9.17, 15) is 8.42 Å². The van der Waals surface area contributed by atoms with Gasteiger partial charge in [0.2, 0.25) is 10.0 Å². The highest BCUT2D eigenvalue weighted by atomic mass is 32.2. The largest absolute Gasteiger partial charge is 0.329 e. The van der Waals surface area contributed by atoms with E-state index in [1.54, 1.807) is 14.1 Å². The van der Waals surface area contributed by atoms with E-state index in [1.165, 1.54) is 21.4 Å². The molecule has 0 fully saturated rings. The lowest BCUT2D eigenvalue weighted by atomic mass is 10.00. The minimum atomic E-state index is -3.53. The lowest BCUT2D eigenvalue weighted by Gasteiger charge is -2.35. The van der Waals surface area contributed by atoms with Crippen molar-refractivity contribution in [2.24, 2.45) is 12.8 Å². The Morgan fingerprint density at radius 2 is 2.18 bits per heavy atom. The molecule has 0 amide bonds. The van der Waals surface area contributed by atoms with Crippen LogP contribution in [0.5, 0.6) is 0 Å². The van der Waals surface area contributed by atoms with Crippen LogP contribution in [0.1, 0.15) is 20.3 Å². The second kappa shape index (κ2) is 4.75. The van der Waals surface area contributed by atoms with Crippen LogP contribution in [0.3, 0.4) is 0 Å². The smallest absolute Gasteiger partial charge is 0.246 e. The van der Waals surface area contributed by atoms with Gasteiger partial charge in [0.15, 0.2) is 0 Å². The Morgan fingerprint density at radius 3 is 2.53 bits per heavy atom. The van der Waals surface area contributed by atoms with Crippen LogP contribution in [0.15, 0.2) is 17.3 Å². The van der Waals surface area contributed by atoms with E-state index in [0.29, 0.717) is 6.42 Å². The Hall–Kier alpha value is -0.920. The van der Waals surface area contributed by atoms with E-state index in [-0.39, 0.29) is 11.4 Å². The first-order valence-corrected chi connectivity index (χ1v) is 6.89. The van der Waals surface area contributed by atoms with E-state index < -0.39 is 15.6 Å². The number of rotatable bonds is 5. The number of hydrogen-bond donors (Lipinski definition) is 1. The summed E-state index contributed by atoms with van der Waals surface area (Å²) < 4.78 is 27.4. The van der Waals surface area contributed by atoms with Crippen LogP contribution in [0.2, 0.25) is 0 Å². The standard InChI is InChI=1S/C10H20N4O2S/c1-5-10(2,8-11)14(4)17(15,16)9-6-12-13(3)7-9/h6-7H,5,8,11H2,1-4H3. The maximum Gasteiger partial charge on any atom is 0.246 e. The average molecular weight is 260 g/mol. The van der Waals surface area contributed by atoms with Crippen LogP contribution < -0.4 is 5.73 Å². The normalized spacial score (nSPS) is 16.1. The Morgan fingerprint density at radius 1 is 1.59 bits per heavy atom. The maximum atomic E-state index is 12.3. The highest BCUT2D eigenvalue weighted by Gasteiger charge is 2.35. The summed E-state index contributed by atoms with van der Waals surface area (Å²) in [5.74, 6) is 0. The molecule has 7 heteroatoms. The number of sulfonamides is 1. The molecular weight excluding hydrogens is 240 g/mol. The van der Waals surface area contributed by atoms with Crippen LogP contribution in [0, 0.1) is 0 Å². The summed E-state index contributed by atoms with van der Waals surface area (Å²) in [5.41, 5.74) is 5.10. The molecule has 0 spiro atoms. The van der Waals surface area contributed by atoms with Gasteiger partial charge >= 0.3 is 0 Å². The zero-order valence-electron chi connectivity index (χ0n) is 10.7. The highest BCUT2D eigenvalue weighted by Crippen LogP contribution is 2.24. The van der Waals surface area contributed by atoms with Crippen molar-refractivity contribution in [2.45, 2.75) is 30.7 Å². The molecule has 0 saturated carbocycles. The quantitative estimate of drug-likeness (QED) is 0.818. The first-order chi connectivity index (χ1) is 7.78. The predicted octanol–water partition coefficient (Wildman–Crippen LogP) is 0.168. The lowest BCUT2D eigenvalue weighted by molar-refractivity contribution is 0.240. The van der Waals surface area contributed by atoms with Gasteiger partial charge in [0.1, 0.15) is 4.90 Å². The van der Waals surface area contributed by atoms with E-state index in [2.05, 4.69) is 5.10 Å². The SMILES string of the molecule is CCC(C)(CN)N(C)S(=O)(=O)c1cnn(C)c1. The van der Waals surface area contributed by atoms with Gasteiger partial charge in [-0.3, -0.25) is 4.68 Å². The monoisotopic (exact) mass is 260 g/mol. The van der Waals surface area contributed by atoms with Crippen LogP contribution in [-0.4, -0.2) is 41.6 Å². The van der Waals surface area contributed by atoms with Gasteiger partial charge in [-0.05, 0) is 13.3 Å². The number of nitrogens with two attached hydrogens (primary N) is 1. The van der Waals surface area contributed by atoms with Crippen molar-refractivity contribution in [1.82, 2.24) is 14.1 Å². The Labute approximate surface area is 102 Å². The van der Waals surface area contributed by atoms with Gasteiger partial charge < -0.3 is 5.73 Å². The third-order valence-electron chi connectivity index (χ3n) is 3.30. The first kappa shape index (κ1) is 14.1. The first-order valence-electron chi connectivity index (χ1n) is 5.45. The fourth-order valence-electron chi connectivity index (χ4n) is 1.48. The second-order valence-electron chi connectivity index (χ2n) is 4.38. The van der Waals surface area contributed by atoms with E-state index in [1.807, 2.05) is 13.8 Å². The maximum absolute atomic E-state index is 12.3. The number of nitrogens with zero attached hydrogens (tertiary/aromatic N) is 3. The lowest BCUT2D eigenvalue weighted by Crippen LogP contribution is -2.51. The Kier molecular flexibility index (Phi) is 3.95. The molecule has 1 rings (SSSR count). The number of hydrogen-bond acceptors (Lipinski definition) is 4. The molecule has 1 unspecified atom stereocenters. The summed E-state index contributed by atoms with van der Waals surface area (Å²) in [5, 5.41) is 3.88. The Bertz CT molecular complexity index is 476. The molecule has 0 aliphatic rings. The van der Waals surface area contributed by atoms with E-state index >= 15 is 0 Å². The molecular formula is C10H20N4O2S. The zero-order valence-corrected chi connectivity index (χ0v) is 11.5. The summed E-state index contributed by atoms with van der Waals surface area (Å²) in [6, 6.07) is 0. The van der Waals surface area contributed by atoms with Gasteiger partial charge in [-0.25, -0.2) is 8.42 Å². The van der Waals surface area contributed by atoms with Gasteiger partial charge in [0, 0.05) is 32.4 Å². The molecule has 1 atom stereocenters. The zero-order chi connectivity index (χ0) is 13.3. The van der Waals surface area contributed by atoms with Gasteiger partial charge in [-0.1, -0.05) is 6.92 Å². The average Bonchev–Trinajstić information content (AvgIpc) is 2.74. The molecule has 0 saturated heterocycles. The van der Waals surface area contributed by atoms with Gasteiger partial charge in [-0.2, -0.15) is 9.40 Å². The number of likely N-dealkylation sites (N-methyl/N-ethyl adjacent to an activating group) is 1.